The number of carbonyl (C=O) groups excluding carboxylic acids is 2. The Morgan fingerprint density at radius 1 is 1.19 bits per heavy atom. The number of ether oxygens (including phenoxy) is 2. The molecule has 1 N–H and O–H groups in total. The highest BCUT2D eigenvalue weighted by Gasteiger charge is 2.34. The first-order valence-corrected chi connectivity index (χ1v) is 9.13. The van der Waals surface area contributed by atoms with Crippen molar-refractivity contribution in [2.24, 2.45) is 10.9 Å². The van der Waals surface area contributed by atoms with Crippen molar-refractivity contribution in [1.82, 2.24) is 5.32 Å². The maximum absolute atomic E-state index is 12.5. The van der Waals surface area contributed by atoms with Crippen molar-refractivity contribution in [3.8, 4) is 11.5 Å². The molecule has 6 nitrogen and oxygen atoms in total. The molecular formula is C21H18N2O4. The van der Waals surface area contributed by atoms with Gasteiger partial charge in [0.05, 0.1) is 5.71 Å². The molecule has 0 radical (unpaired) electrons. The van der Waals surface area contributed by atoms with Crippen molar-refractivity contribution in [3.63, 3.8) is 0 Å². The fourth-order valence-corrected chi connectivity index (χ4v) is 4.00. The topological polar surface area (TPSA) is 77.0 Å². The summed E-state index contributed by atoms with van der Waals surface area (Å²) in [6.07, 6.45) is 7.67. The lowest BCUT2D eigenvalue weighted by atomic mass is 9.85. The van der Waals surface area contributed by atoms with Crippen LogP contribution in [0.25, 0.3) is 0 Å². The van der Waals surface area contributed by atoms with Gasteiger partial charge in [-0.25, -0.2) is 4.99 Å². The molecular weight excluding hydrogens is 344 g/mol. The third-order valence-corrected chi connectivity index (χ3v) is 5.29. The van der Waals surface area contributed by atoms with E-state index in [1.807, 2.05) is 24.3 Å². The number of amides is 2. The van der Waals surface area contributed by atoms with Gasteiger partial charge in [0.25, 0.3) is 11.8 Å². The molecule has 2 heterocycles. The van der Waals surface area contributed by atoms with Gasteiger partial charge in [0.15, 0.2) is 11.5 Å². The van der Waals surface area contributed by atoms with Gasteiger partial charge in [-0.05, 0) is 49.1 Å². The van der Waals surface area contributed by atoms with Crippen LogP contribution in [0.2, 0.25) is 0 Å². The first kappa shape index (κ1) is 16.1. The predicted molar refractivity (Wildman–Crippen MR) is 98.5 cm³/mol. The number of allylic oxidation sites excluding steroid dienone is 3. The van der Waals surface area contributed by atoms with Crippen LogP contribution in [-0.4, -0.2) is 30.2 Å². The molecule has 6 heteroatoms. The molecule has 2 aliphatic heterocycles. The largest absolute Gasteiger partial charge is 0.485 e. The number of nitrogens with one attached hydrogen (secondary N) is 1. The SMILES string of the molecule is O=C1NC2=CC(=NC(=O)C3COc4ccccc4O3)C=CC2C2=C1CCC2. The Morgan fingerprint density at radius 2 is 2.04 bits per heavy atom. The first-order chi connectivity index (χ1) is 13.2. The van der Waals surface area contributed by atoms with E-state index in [0.717, 1.165) is 30.5 Å². The second-order valence-corrected chi connectivity index (χ2v) is 6.99. The van der Waals surface area contributed by atoms with Gasteiger partial charge < -0.3 is 14.8 Å². The number of hydrogen-bond acceptors (Lipinski definition) is 4. The molecule has 2 amide bonds. The van der Waals surface area contributed by atoms with Crippen LogP contribution < -0.4 is 14.8 Å². The number of fused-ring (bicyclic) bond motifs is 3. The van der Waals surface area contributed by atoms with Gasteiger partial charge in [0.2, 0.25) is 6.10 Å². The predicted octanol–water partition coefficient (Wildman–Crippen LogP) is 2.47. The highest BCUT2D eigenvalue weighted by molar-refractivity contribution is 6.12. The monoisotopic (exact) mass is 362 g/mol. The Hall–Kier alpha value is -3.15. The summed E-state index contributed by atoms with van der Waals surface area (Å²) < 4.78 is 11.3. The van der Waals surface area contributed by atoms with Gasteiger partial charge >= 0.3 is 0 Å². The average molecular weight is 362 g/mol. The highest BCUT2D eigenvalue weighted by atomic mass is 16.6. The molecule has 27 heavy (non-hydrogen) atoms. The summed E-state index contributed by atoms with van der Waals surface area (Å²) in [7, 11) is 0. The van der Waals surface area contributed by atoms with Gasteiger partial charge in [-0.3, -0.25) is 9.59 Å². The van der Waals surface area contributed by atoms with E-state index >= 15 is 0 Å². The molecule has 0 bridgehead atoms. The molecule has 4 aliphatic rings. The van der Waals surface area contributed by atoms with Crippen molar-refractivity contribution in [1.29, 1.82) is 0 Å². The van der Waals surface area contributed by atoms with E-state index < -0.39 is 12.0 Å². The van der Waals surface area contributed by atoms with Crippen LogP contribution in [0.15, 0.2) is 64.3 Å². The summed E-state index contributed by atoms with van der Waals surface area (Å²) >= 11 is 0. The van der Waals surface area contributed by atoms with Gasteiger partial charge in [0.1, 0.15) is 6.61 Å². The molecule has 0 saturated carbocycles. The number of rotatable bonds is 1. The summed E-state index contributed by atoms with van der Waals surface area (Å²) in [6.45, 7) is 0.127. The van der Waals surface area contributed by atoms with Crippen molar-refractivity contribution < 1.29 is 19.1 Å². The number of nitrogens with zero attached hydrogens (tertiary/aromatic N) is 1. The molecule has 0 fully saturated rings. The van der Waals surface area contributed by atoms with Crippen molar-refractivity contribution >= 4 is 17.5 Å². The van der Waals surface area contributed by atoms with E-state index in [0.29, 0.717) is 17.2 Å². The zero-order valence-electron chi connectivity index (χ0n) is 14.6. The molecule has 0 saturated heterocycles. The van der Waals surface area contributed by atoms with E-state index in [4.69, 9.17) is 9.47 Å². The summed E-state index contributed by atoms with van der Waals surface area (Å²) in [6, 6.07) is 7.24. The van der Waals surface area contributed by atoms with Crippen molar-refractivity contribution in [2.75, 3.05) is 6.61 Å². The standard InChI is InChI=1S/C21H18N2O4/c24-20-15-5-3-4-13(15)14-9-8-12(10-16(14)23-20)22-21(25)19-11-26-17-6-1-2-7-18(17)27-19/h1-2,6-10,14,19H,3-5,11H2,(H,23,24). The van der Waals surface area contributed by atoms with Crippen LogP contribution in [0, 0.1) is 5.92 Å². The van der Waals surface area contributed by atoms with E-state index in [1.54, 1.807) is 18.2 Å². The number of benzene rings is 1. The Labute approximate surface area is 156 Å². The number of hydrogen-bond donors (Lipinski definition) is 1. The zero-order valence-corrected chi connectivity index (χ0v) is 14.6. The van der Waals surface area contributed by atoms with Crippen LogP contribution in [0.4, 0.5) is 0 Å². The minimum absolute atomic E-state index is 0.0217. The van der Waals surface area contributed by atoms with E-state index in [9.17, 15) is 9.59 Å². The highest BCUT2D eigenvalue weighted by Crippen LogP contribution is 2.39. The van der Waals surface area contributed by atoms with Crippen LogP contribution in [0.1, 0.15) is 19.3 Å². The minimum atomic E-state index is -0.776. The maximum atomic E-state index is 12.5. The maximum Gasteiger partial charge on any atom is 0.290 e. The van der Waals surface area contributed by atoms with Crippen LogP contribution in [0.3, 0.4) is 0 Å². The molecule has 5 rings (SSSR count). The van der Waals surface area contributed by atoms with Gasteiger partial charge in [-0.2, -0.15) is 0 Å². The second kappa shape index (κ2) is 6.23. The molecule has 2 aliphatic carbocycles. The van der Waals surface area contributed by atoms with Crippen LogP contribution in [-0.2, 0) is 9.59 Å². The fourth-order valence-electron chi connectivity index (χ4n) is 4.00. The lowest BCUT2D eigenvalue weighted by Crippen LogP contribution is -2.37. The average Bonchev–Trinajstić information content (AvgIpc) is 3.18. The Balaban J connectivity index is 1.36. The second-order valence-electron chi connectivity index (χ2n) is 6.99. The van der Waals surface area contributed by atoms with E-state index in [2.05, 4.69) is 10.3 Å². The lowest BCUT2D eigenvalue weighted by Gasteiger charge is -2.28. The summed E-state index contributed by atoms with van der Waals surface area (Å²) in [5, 5.41) is 2.95. The summed E-state index contributed by atoms with van der Waals surface area (Å²) in [5.74, 6) is 0.840. The molecule has 0 spiro atoms. The van der Waals surface area contributed by atoms with Gasteiger partial charge in [-0.15, -0.1) is 0 Å². The zero-order chi connectivity index (χ0) is 18.4. The minimum Gasteiger partial charge on any atom is -0.485 e. The number of carbonyl (C=O) groups is 2. The fraction of sp³-hybridized carbons (Fsp3) is 0.286. The number of para-hydroxylation sites is 2. The third-order valence-electron chi connectivity index (χ3n) is 5.29. The molecule has 2 atom stereocenters. The molecule has 1 aromatic carbocycles. The Kier molecular flexibility index (Phi) is 3.70. The van der Waals surface area contributed by atoms with Crippen LogP contribution in [0.5, 0.6) is 11.5 Å². The lowest BCUT2D eigenvalue weighted by molar-refractivity contribution is -0.126. The first-order valence-electron chi connectivity index (χ1n) is 9.13. The van der Waals surface area contributed by atoms with E-state index in [1.165, 1.54) is 5.57 Å². The Bertz CT molecular complexity index is 970. The third kappa shape index (κ3) is 2.77. The Morgan fingerprint density at radius 3 is 2.93 bits per heavy atom. The van der Waals surface area contributed by atoms with Crippen molar-refractivity contribution in [2.45, 2.75) is 25.4 Å². The molecule has 1 aromatic rings. The van der Waals surface area contributed by atoms with Gasteiger partial charge in [0, 0.05) is 17.2 Å². The van der Waals surface area contributed by atoms with Crippen LogP contribution >= 0.6 is 0 Å². The summed E-state index contributed by atoms with van der Waals surface area (Å²) in [5.41, 5.74) is 3.42. The quantitative estimate of drug-likeness (QED) is 0.833. The van der Waals surface area contributed by atoms with Gasteiger partial charge in [-0.1, -0.05) is 18.2 Å². The van der Waals surface area contributed by atoms with Crippen molar-refractivity contribution in [3.05, 3.63) is 59.3 Å². The number of aliphatic imine (C=N–C) groups is 1. The molecule has 2 unspecified atom stereocenters. The van der Waals surface area contributed by atoms with E-state index in [-0.39, 0.29) is 18.4 Å². The summed E-state index contributed by atoms with van der Waals surface area (Å²) in [4.78, 5) is 29.0. The molecule has 136 valence electrons. The smallest absolute Gasteiger partial charge is 0.290 e. The molecule has 0 aromatic heterocycles. The normalized spacial score (nSPS) is 27.0.